The lowest BCUT2D eigenvalue weighted by atomic mass is 10.1. The zero-order chi connectivity index (χ0) is 18.5. The van der Waals surface area contributed by atoms with Gasteiger partial charge in [0.2, 0.25) is 0 Å². The maximum Gasteiger partial charge on any atom is 0.319 e. The fourth-order valence-electron chi connectivity index (χ4n) is 2.61. The van der Waals surface area contributed by atoms with Gasteiger partial charge in [-0.3, -0.25) is 0 Å². The Morgan fingerprint density at radius 1 is 1.35 bits per heavy atom. The van der Waals surface area contributed by atoms with Gasteiger partial charge in [-0.1, -0.05) is 6.07 Å². The van der Waals surface area contributed by atoms with Crippen molar-refractivity contribution >= 4 is 23.1 Å². The van der Waals surface area contributed by atoms with Crippen LogP contribution in [-0.2, 0) is 0 Å². The van der Waals surface area contributed by atoms with Gasteiger partial charge in [0.1, 0.15) is 0 Å². The minimum atomic E-state index is -0.252. The molecule has 0 radical (unpaired) electrons. The number of benzene rings is 1. The smallest absolute Gasteiger partial charge is 0.319 e. The van der Waals surface area contributed by atoms with Crippen LogP contribution in [0.3, 0.4) is 0 Å². The third-order valence-corrected chi connectivity index (χ3v) is 4.68. The summed E-state index contributed by atoms with van der Waals surface area (Å²) in [6.07, 6.45) is 0. The molecule has 2 amide bonds. The average molecular weight is 371 g/mol. The van der Waals surface area contributed by atoms with Crippen molar-refractivity contribution < 1.29 is 4.79 Å². The fraction of sp³-hybridized carbons (Fsp3) is 0.294. The Balaban J connectivity index is 1.62. The standard InChI is InChI=1S/C17H21N7OS/c1-12-20-21-22-24(12)15-6-4-5-14(9-15)19-17(25)18-10-16(23(2)3)13-7-8-26-11-13/h4-9,11,16H,10H2,1-3H3,(H2,18,19,25). The Hall–Kier alpha value is -2.78. The Morgan fingerprint density at radius 2 is 2.19 bits per heavy atom. The van der Waals surface area contributed by atoms with Crippen molar-refractivity contribution in [1.29, 1.82) is 0 Å². The molecule has 0 bridgehead atoms. The molecule has 0 aliphatic carbocycles. The van der Waals surface area contributed by atoms with Gasteiger partial charge in [0.05, 0.1) is 11.7 Å². The van der Waals surface area contributed by atoms with E-state index in [4.69, 9.17) is 0 Å². The molecule has 3 rings (SSSR count). The van der Waals surface area contributed by atoms with Crippen LogP contribution in [0.15, 0.2) is 41.1 Å². The maximum absolute atomic E-state index is 12.3. The highest BCUT2D eigenvalue weighted by atomic mass is 32.1. The second-order valence-electron chi connectivity index (χ2n) is 6.06. The van der Waals surface area contributed by atoms with Crippen LogP contribution in [0.5, 0.6) is 0 Å². The Bertz CT molecular complexity index is 860. The summed E-state index contributed by atoms with van der Waals surface area (Å²) in [6, 6.07) is 9.33. The van der Waals surface area contributed by atoms with E-state index in [0.717, 1.165) is 5.69 Å². The SMILES string of the molecule is Cc1nnnn1-c1cccc(NC(=O)NCC(c2ccsc2)N(C)C)c1. The summed E-state index contributed by atoms with van der Waals surface area (Å²) >= 11 is 1.65. The molecule has 1 atom stereocenters. The van der Waals surface area contributed by atoms with Gasteiger partial charge in [-0.05, 0) is 72.0 Å². The van der Waals surface area contributed by atoms with Gasteiger partial charge in [0.15, 0.2) is 5.82 Å². The zero-order valence-corrected chi connectivity index (χ0v) is 15.7. The van der Waals surface area contributed by atoms with Gasteiger partial charge < -0.3 is 15.5 Å². The number of likely N-dealkylation sites (N-methyl/N-ethyl adjacent to an activating group) is 1. The first-order valence-corrected chi connectivity index (χ1v) is 9.07. The van der Waals surface area contributed by atoms with Gasteiger partial charge in [0, 0.05) is 12.2 Å². The molecule has 8 nitrogen and oxygen atoms in total. The van der Waals surface area contributed by atoms with Crippen molar-refractivity contribution in [2.75, 3.05) is 26.0 Å². The molecule has 1 aromatic carbocycles. The molecule has 0 aliphatic heterocycles. The first kappa shape index (κ1) is 18.0. The van der Waals surface area contributed by atoms with E-state index in [9.17, 15) is 4.79 Å². The third-order valence-electron chi connectivity index (χ3n) is 3.98. The molecule has 26 heavy (non-hydrogen) atoms. The Labute approximate surface area is 155 Å². The molecule has 0 aliphatic rings. The molecular formula is C17H21N7OS. The normalized spacial score (nSPS) is 12.2. The number of carbonyl (C=O) groups excluding carboxylic acids is 1. The molecule has 0 saturated heterocycles. The monoisotopic (exact) mass is 371 g/mol. The number of urea groups is 1. The quantitative estimate of drug-likeness (QED) is 0.695. The highest BCUT2D eigenvalue weighted by Gasteiger charge is 2.15. The zero-order valence-electron chi connectivity index (χ0n) is 14.9. The predicted octanol–water partition coefficient (Wildman–Crippen LogP) is 2.46. The van der Waals surface area contributed by atoms with Gasteiger partial charge >= 0.3 is 6.03 Å². The van der Waals surface area contributed by atoms with E-state index in [1.54, 1.807) is 16.0 Å². The van der Waals surface area contributed by atoms with E-state index in [1.807, 2.05) is 50.7 Å². The molecule has 2 heterocycles. The summed E-state index contributed by atoms with van der Waals surface area (Å²) in [5, 5.41) is 21.4. The van der Waals surface area contributed by atoms with Crippen LogP contribution >= 0.6 is 11.3 Å². The third kappa shape index (κ3) is 4.24. The van der Waals surface area contributed by atoms with E-state index in [1.165, 1.54) is 5.56 Å². The number of amides is 2. The minimum absolute atomic E-state index is 0.127. The number of nitrogens with one attached hydrogen (secondary N) is 2. The topological polar surface area (TPSA) is 88.0 Å². The number of carbonyl (C=O) groups is 1. The number of aryl methyl sites for hydroxylation is 1. The van der Waals surface area contributed by atoms with Crippen molar-refractivity contribution in [1.82, 2.24) is 30.4 Å². The summed E-state index contributed by atoms with van der Waals surface area (Å²) in [7, 11) is 4.00. The maximum atomic E-state index is 12.3. The van der Waals surface area contributed by atoms with Crippen LogP contribution in [0.4, 0.5) is 10.5 Å². The van der Waals surface area contributed by atoms with E-state index < -0.39 is 0 Å². The van der Waals surface area contributed by atoms with Crippen LogP contribution < -0.4 is 10.6 Å². The number of hydrogen-bond donors (Lipinski definition) is 2. The van der Waals surface area contributed by atoms with E-state index in [2.05, 4.69) is 42.5 Å². The molecule has 136 valence electrons. The first-order valence-electron chi connectivity index (χ1n) is 8.13. The van der Waals surface area contributed by atoms with Crippen LogP contribution in [0.2, 0.25) is 0 Å². The van der Waals surface area contributed by atoms with Crippen molar-refractivity contribution in [3.8, 4) is 5.69 Å². The van der Waals surface area contributed by atoms with Gasteiger partial charge in [-0.25, -0.2) is 4.79 Å². The first-order chi connectivity index (χ1) is 12.5. The number of hydrogen-bond acceptors (Lipinski definition) is 6. The summed E-state index contributed by atoms with van der Waals surface area (Å²) in [5.74, 6) is 0.677. The number of tetrazole rings is 1. The Kier molecular flexibility index (Phi) is 5.59. The molecule has 1 unspecified atom stereocenters. The minimum Gasteiger partial charge on any atom is -0.336 e. The lowest BCUT2D eigenvalue weighted by Gasteiger charge is -2.24. The van der Waals surface area contributed by atoms with Gasteiger partial charge in [-0.15, -0.1) is 5.10 Å². The second-order valence-corrected chi connectivity index (χ2v) is 6.84. The molecule has 2 aromatic heterocycles. The molecule has 0 saturated carbocycles. The summed E-state index contributed by atoms with van der Waals surface area (Å²) in [6.45, 7) is 2.33. The predicted molar refractivity (Wildman–Crippen MR) is 102 cm³/mol. The van der Waals surface area contributed by atoms with E-state index in [-0.39, 0.29) is 12.1 Å². The second kappa shape index (κ2) is 8.07. The van der Waals surface area contributed by atoms with Crippen LogP contribution in [-0.4, -0.2) is 51.8 Å². The number of nitrogens with zero attached hydrogens (tertiary/aromatic N) is 5. The molecule has 0 fully saturated rings. The van der Waals surface area contributed by atoms with Crippen molar-refractivity contribution in [3.05, 3.63) is 52.5 Å². The number of aromatic nitrogens is 4. The lowest BCUT2D eigenvalue weighted by molar-refractivity contribution is 0.243. The van der Waals surface area contributed by atoms with E-state index >= 15 is 0 Å². The molecular weight excluding hydrogens is 350 g/mol. The van der Waals surface area contributed by atoms with Crippen LogP contribution in [0.25, 0.3) is 5.69 Å². The number of thiophene rings is 1. The molecule has 9 heteroatoms. The van der Waals surface area contributed by atoms with Gasteiger partial charge in [0.25, 0.3) is 0 Å². The molecule has 3 aromatic rings. The van der Waals surface area contributed by atoms with Crippen molar-refractivity contribution in [2.45, 2.75) is 13.0 Å². The van der Waals surface area contributed by atoms with Crippen LogP contribution in [0.1, 0.15) is 17.4 Å². The molecule has 0 spiro atoms. The summed E-state index contributed by atoms with van der Waals surface area (Å²) in [4.78, 5) is 14.4. The largest absolute Gasteiger partial charge is 0.336 e. The van der Waals surface area contributed by atoms with Crippen molar-refractivity contribution in [2.24, 2.45) is 0 Å². The highest BCUT2D eigenvalue weighted by Crippen LogP contribution is 2.20. The van der Waals surface area contributed by atoms with Crippen LogP contribution in [0, 0.1) is 6.92 Å². The van der Waals surface area contributed by atoms with Gasteiger partial charge in [-0.2, -0.15) is 16.0 Å². The summed E-state index contributed by atoms with van der Waals surface area (Å²) in [5.41, 5.74) is 2.65. The highest BCUT2D eigenvalue weighted by molar-refractivity contribution is 7.07. The summed E-state index contributed by atoms with van der Waals surface area (Å²) < 4.78 is 1.61. The lowest BCUT2D eigenvalue weighted by Crippen LogP contribution is -2.36. The molecule has 2 N–H and O–H groups in total. The van der Waals surface area contributed by atoms with E-state index in [0.29, 0.717) is 18.1 Å². The number of anilines is 1. The number of rotatable bonds is 6. The van der Waals surface area contributed by atoms with Crippen molar-refractivity contribution in [3.63, 3.8) is 0 Å². The average Bonchev–Trinajstić information content (AvgIpc) is 3.27. The fourth-order valence-corrected chi connectivity index (χ4v) is 3.32. The Morgan fingerprint density at radius 3 is 2.85 bits per heavy atom.